The first-order valence-corrected chi connectivity index (χ1v) is 12.8. The van der Waals surface area contributed by atoms with Crippen LogP contribution in [-0.4, -0.2) is 43.7 Å². The molecule has 3 aromatic rings. The first kappa shape index (κ1) is 34.9. The molecule has 0 heterocycles. The molecule has 0 aliphatic heterocycles. The minimum absolute atomic E-state index is 0.0288. The van der Waals surface area contributed by atoms with Crippen LogP contribution in [0.1, 0.15) is 43.8 Å². The fraction of sp³-hybridized carbons (Fsp3) is 0.276. The topological polar surface area (TPSA) is 78.5 Å². The highest BCUT2D eigenvalue weighted by atomic mass is 19.4. The van der Waals surface area contributed by atoms with Gasteiger partial charge in [0, 0.05) is 42.4 Å². The minimum Gasteiger partial charge on any atom is -0.359 e. The number of benzene rings is 3. The van der Waals surface area contributed by atoms with E-state index in [4.69, 9.17) is 0 Å². The van der Waals surface area contributed by atoms with E-state index in [2.05, 4.69) is 5.32 Å². The van der Waals surface area contributed by atoms with E-state index in [0.717, 1.165) is 17.0 Å². The molecule has 45 heavy (non-hydrogen) atoms. The summed E-state index contributed by atoms with van der Waals surface area (Å²) < 4.78 is 136. The molecule has 0 saturated heterocycles. The summed E-state index contributed by atoms with van der Waals surface area (Å²) in [6, 6.07) is 11.8. The van der Waals surface area contributed by atoms with Gasteiger partial charge in [0.15, 0.2) is 0 Å². The average Bonchev–Trinajstić information content (AvgIpc) is 2.96. The molecule has 0 radical (unpaired) electrons. The average molecular weight is 652 g/mol. The van der Waals surface area contributed by atoms with Crippen LogP contribution in [0, 0.1) is 6.92 Å². The van der Waals surface area contributed by atoms with Gasteiger partial charge in [-0.3, -0.25) is 14.4 Å². The zero-order valence-corrected chi connectivity index (χ0v) is 23.2. The van der Waals surface area contributed by atoms with Crippen molar-refractivity contribution in [2.24, 2.45) is 0 Å². The first-order chi connectivity index (χ1) is 20.7. The van der Waals surface area contributed by atoms with Crippen molar-refractivity contribution in [1.29, 1.82) is 0 Å². The normalized spacial score (nSPS) is 12.4. The lowest BCUT2D eigenvalue weighted by Crippen LogP contribution is -2.50. The number of amides is 3. The Bertz CT molecular complexity index is 1550. The standard InChI is InChI=1S/C29H23F10N3O3/c1-16-13-19(26(30,28(34,35)36)29(37,38)39)15-21(27(31,32)33)23(16)41-24(44)18-9-6-10-20(14-18)42(12-11-22(43)40-2)25(45)17-7-4-3-5-8-17/h3-10,13-15H,11-12H2,1-2H3,(H,40,43)(H,41,44). The number of halogens is 10. The van der Waals surface area contributed by atoms with Crippen LogP contribution in [0.5, 0.6) is 0 Å². The molecule has 0 unspecified atom stereocenters. The van der Waals surface area contributed by atoms with Crippen molar-refractivity contribution in [3.63, 3.8) is 0 Å². The Morgan fingerprint density at radius 3 is 1.87 bits per heavy atom. The summed E-state index contributed by atoms with van der Waals surface area (Å²) in [5.41, 5.74) is -13.0. The van der Waals surface area contributed by atoms with Crippen LogP contribution in [0.2, 0.25) is 0 Å². The number of carbonyl (C=O) groups excluding carboxylic acids is 3. The number of anilines is 2. The second-order valence-electron chi connectivity index (χ2n) is 9.62. The van der Waals surface area contributed by atoms with Gasteiger partial charge in [-0.1, -0.05) is 30.3 Å². The van der Waals surface area contributed by atoms with Crippen molar-refractivity contribution in [2.45, 2.75) is 37.5 Å². The monoisotopic (exact) mass is 651 g/mol. The predicted octanol–water partition coefficient (Wildman–Crippen LogP) is 7.34. The number of nitrogens with one attached hydrogen (secondary N) is 2. The van der Waals surface area contributed by atoms with E-state index in [1.165, 1.54) is 31.3 Å². The van der Waals surface area contributed by atoms with Gasteiger partial charge < -0.3 is 15.5 Å². The summed E-state index contributed by atoms with van der Waals surface area (Å²) in [6.45, 7) is 0.470. The predicted molar refractivity (Wildman–Crippen MR) is 142 cm³/mol. The van der Waals surface area contributed by atoms with Crippen molar-refractivity contribution in [3.8, 4) is 0 Å². The van der Waals surface area contributed by atoms with Gasteiger partial charge in [0.1, 0.15) is 0 Å². The highest BCUT2D eigenvalue weighted by Gasteiger charge is 2.73. The van der Waals surface area contributed by atoms with Gasteiger partial charge >= 0.3 is 24.2 Å². The van der Waals surface area contributed by atoms with Gasteiger partial charge in [-0.15, -0.1) is 0 Å². The van der Waals surface area contributed by atoms with Gasteiger partial charge in [0.2, 0.25) is 5.91 Å². The molecule has 16 heteroatoms. The van der Waals surface area contributed by atoms with E-state index in [1.807, 2.05) is 5.32 Å². The summed E-state index contributed by atoms with van der Waals surface area (Å²) in [4.78, 5) is 39.3. The van der Waals surface area contributed by atoms with Gasteiger partial charge in [0.25, 0.3) is 11.8 Å². The Balaban J connectivity index is 2.07. The maximum atomic E-state index is 14.6. The molecule has 242 valence electrons. The van der Waals surface area contributed by atoms with Crippen molar-refractivity contribution in [1.82, 2.24) is 5.32 Å². The van der Waals surface area contributed by atoms with E-state index in [1.54, 1.807) is 18.2 Å². The SMILES string of the molecule is CNC(=O)CCN(C(=O)c1ccccc1)c1cccc(C(=O)Nc2c(C)cc(C(F)(C(F)(F)F)C(F)(F)F)cc2C(F)(F)F)c1. The Hall–Kier alpha value is -4.63. The Morgan fingerprint density at radius 1 is 0.756 bits per heavy atom. The zero-order valence-electron chi connectivity index (χ0n) is 23.2. The molecule has 6 nitrogen and oxygen atoms in total. The number of alkyl halides is 10. The molecule has 0 bridgehead atoms. The highest BCUT2D eigenvalue weighted by molar-refractivity contribution is 6.09. The largest absolute Gasteiger partial charge is 0.435 e. The third kappa shape index (κ3) is 7.37. The minimum atomic E-state index is -6.67. The van der Waals surface area contributed by atoms with Crippen molar-refractivity contribution in [2.75, 3.05) is 23.8 Å². The quantitative estimate of drug-likeness (QED) is 0.251. The van der Waals surface area contributed by atoms with Crippen LogP contribution in [-0.2, 0) is 16.6 Å². The summed E-state index contributed by atoms with van der Waals surface area (Å²) >= 11 is 0. The molecule has 0 atom stereocenters. The fourth-order valence-electron chi connectivity index (χ4n) is 4.29. The molecular weight excluding hydrogens is 628 g/mol. The molecular formula is C29H23F10N3O3. The number of aryl methyl sites for hydroxylation is 1. The van der Waals surface area contributed by atoms with E-state index >= 15 is 0 Å². The Morgan fingerprint density at radius 2 is 1.33 bits per heavy atom. The van der Waals surface area contributed by atoms with Crippen LogP contribution >= 0.6 is 0 Å². The van der Waals surface area contributed by atoms with Crippen LogP contribution in [0.15, 0.2) is 66.7 Å². The maximum Gasteiger partial charge on any atom is 0.435 e. The second kappa shape index (κ2) is 12.8. The number of hydrogen-bond acceptors (Lipinski definition) is 3. The molecule has 0 spiro atoms. The van der Waals surface area contributed by atoms with E-state index in [-0.39, 0.29) is 35.8 Å². The van der Waals surface area contributed by atoms with Gasteiger partial charge in [-0.05, 0) is 48.9 Å². The number of carbonyl (C=O) groups is 3. The molecule has 0 fully saturated rings. The molecule has 3 amide bonds. The molecule has 0 saturated carbocycles. The maximum absolute atomic E-state index is 14.6. The smallest absolute Gasteiger partial charge is 0.359 e. The molecule has 0 aliphatic rings. The molecule has 3 rings (SSSR count). The van der Waals surface area contributed by atoms with Crippen molar-refractivity contribution in [3.05, 3.63) is 94.5 Å². The molecule has 0 aliphatic carbocycles. The number of nitrogens with zero attached hydrogens (tertiary/aromatic N) is 1. The van der Waals surface area contributed by atoms with Crippen LogP contribution < -0.4 is 15.5 Å². The fourth-order valence-corrected chi connectivity index (χ4v) is 4.29. The summed E-state index contributed by atoms with van der Waals surface area (Å²) in [6.07, 6.45) is -19.2. The second-order valence-corrected chi connectivity index (χ2v) is 9.62. The third-order valence-corrected chi connectivity index (χ3v) is 6.59. The van der Waals surface area contributed by atoms with Crippen LogP contribution in [0.3, 0.4) is 0 Å². The lowest BCUT2D eigenvalue weighted by molar-refractivity contribution is -0.348. The molecule has 0 aromatic heterocycles. The summed E-state index contributed by atoms with van der Waals surface area (Å²) in [5, 5.41) is 4.21. The van der Waals surface area contributed by atoms with E-state index in [0.29, 0.717) is 6.92 Å². The number of hydrogen-bond donors (Lipinski definition) is 2. The highest BCUT2D eigenvalue weighted by Crippen LogP contribution is 2.54. The summed E-state index contributed by atoms with van der Waals surface area (Å²) in [7, 11) is 1.36. The van der Waals surface area contributed by atoms with Gasteiger partial charge in [0.05, 0.1) is 11.3 Å². The van der Waals surface area contributed by atoms with Crippen molar-refractivity contribution >= 4 is 29.1 Å². The molecule has 3 aromatic carbocycles. The lowest BCUT2D eigenvalue weighted by atomic mass is 9.90. The van der Waals surface area contributed by atoms with E-state index in [9.17, 15) is 58.3 Å². The van der Waals surface area contributed by atoms with Gasteiger partial charge in [-0.2, -0.15) is 39.5 Å². The number of rotatable bonds is 8. The van der Waals surface area contributed by atoms with Crippen LogP contribution in [0.25, 0.3) is 0 Å². The Labute approximate surface area is 249 Å². The summed E-state index contributed by atoms with van der Waals surface area (Å²) in [5.74, 6) is -2.34. The first-order valence-electron chi connectivity index (χ1n) is 12.8. The van der Waals surface area contributed by atoms with E-state index < -0.39 is 70.4 Å². The zero-order chi connectivity index (χ0) is 34.0. The Kier molecular flexibility index (Phi) is 9.89. The lowest BCUT2D eigenvalue weighted by Gasteiger charge is -2.31. The third-order valence-electron chi connectivity index (χ3n) is 6.59. The van der Waals surface area contributed by atoms with Gasteiger partial charge in [-0.25, -0.2) is 4.39 Å². The van der Waals surface area contributed by atoms with Crippen molar-refractivity contribution < 1.29 is 58.3 Å². The molecule has 2 N–H and O–H groups in total. The van der Waals surface area contributed by atoms with Crippen LogP contribution in [0.4, 0.5) is 55.3 Å².